The number of β-lactam (4-membered cyclic amide) rings is 1. The smallest absolute Gasteiger partial charge is 0.281 e. The van der Waals surface area contributed by atoms with Crippen molar-refractivity contribution in [2.45, 2.75) is 59.4 Å². The van der Waals surface area contributed by atoms with Crippen LogP contribution in [0.2, 0.25) is 0 Å². The number of amides is 1. The summed E-state index contributed by atoms with van der Waals surface area (Å²) in [7, 11) is -3.35. The van der Waals surface area contributed by atoms with Crippen LogP contribution in [0.5, 0.6) is 0 Å². The molecule has 0 bridgehead atoms. The van der Waals surface area contributed by atoms with E-state index in [2.05, 4.69) is 5.32 Å². The summed E-state index contributed by atoms with van der Waals surface area (Å²) in [4.78, 5) is 11.6. The quantitative estimate of drug-likeness (QED) is 0.713. The third-order valence-corrected chi connectivity index (χ3v) is 7.25. The maximum atomic E-state index is 12.8. The summed E-state index contributed by atoms with van der Waals surface area (Å²) in [6, 6.07) is 0.183. The standard InChI is InChI=1S/C16H31N3O3S/c1-5-9-18(10-6-2)23(21,22)19-11-7-13(8-12-19)14-16(3,4)15(20)17-14/h13-14H,5-12H2,1-4H3,(H,17,20). The average molecular weight is 346 g/mol. The minimum absolute atomic E-state index is 0.106. The van der Waals surface area contributed by atoms with E-state index >= 15 is 0 Å². The summed E-state index contributed by atoms with van der Waals surface area (Å²) in [6.45, 7) is 10.2. The van der Waals surface area contributed by atoms with Gasteiger partial charge < -0.3 is 5.32 Å². The lowest BCUT2D eigenvalue weighted by Gasteiger charge is -2.50. The number of nitrogens with one attached hydrogen (secondary N) is 1. The molecular formula is C16H31N3O3S. The summed E-state index contributed by atoms with van der Waals surface area (Å²) < 4.78 is 28.8. The predicted molar refractivity (Wildman–Crippen MR) is 91.1 cm³/mol. The van der Waals surface area contributed by atoms with Crippen molar-refractivity contribution in [1.82, 2.24) is 13.9 Å². The Hall–Kier alpha value is -0.660. The molecule has 23 heavy (non-hydrogen) atoms. The van der Waals surface area contributed by atoms with E-state index in [1.54, 1.807) is 8.61 Å². The Morgan fingerprint density at radius 2 is 1.70 bits per heavy atom. The maximum Gasteiger partial charge on any atom is 0.281 e. The third-order valence-electron chi connectivity index (χ3n) is 5.22. The van der Waals surface area contributed by atoms with Crippen LogP contribution in [-0.2, 0) is 15.0 Å². The maximum absolute atomic E-state index is 12.8. The van der Waals surface area contributed by atoms with Gasteiger partial charge in [0, 0.05) is 32.2 Å². The van der Waals surface area contributed by atoms with Crippen LogP contribution in [0.25, 0.3) is 0 Å². The molecule has 2 aliphatic rings. The largest absolute Gasteiger partial charge is 0.351 e. The molecule has 134 valence electrons. The van der Waals surface area contributed by atoms with E-state index in [1.807, 2.05) is 27.7 Å². The molecule has 0 aromatic rings. The molecule has 0 radical (unpaired) electrons. The van der Waals surface area contributed by atoms with Crippen LogP contribution < -0.4 is 5.32 Å². The molecule has 1 amide bonds. The van der Waals surface area contributed by atoms with Crippen LogP contribution in [0.3, 0.4) is 0 Å². The predicted octanol–water partition coefficient (Wildman–Crippen LogP) is 1.59. The highest BCUT2D eigenvalue weighted by Gasteiger charge is 2.51. The summed E-state index contributed by atoms with van der Waals surface area (Å²) in [6.07, 6.45) is 3.30. The third kappa shape index (κ3) is 3.56. The molecule has 0 spiro atoms. The lowest BCUT2D eigenvalue weighted by molar-refractivity contribution is -0.146. The van der Waals surface area contributed by atoms with Crippen molar-refractivity contribution in [3.63, 3.8) is 0 Å². The Morgan fingerprint density at radius 1 is 1.17 bits per heavy atom. The zero-order valence-electron chi connectivity index (χ0n) is 14.8. The van der Waals surface area contributed by atoms with Gasteiger partial charge in [0.25, 0.3) is 10.2 Å². The topological polar surface area (TPSA) is 69.7 Å². The summed E-state index contributed by atoms with van der Waals surface area (Å²) >= 11 is 0. The average Bonchev–Trinajstić information content (AvgIpc) is 2.52. The van der Waals surface area contributed by atoms with Gasteiger partial charge in [-0.1, -0.05) is 13.8 Å². The SMILES string of the molecule is CCCN(CCC)S(=O)(=O)N1CCC(C2NC(=O)C2(C)C)CC1. The van der Waals surface area contributed by atoms with Crippen molar-refractivity contribution in [1.29, 1.82) is 0 Å². The fourth-order valence-corrected chi connectivity index (χ4v) is 5.55. The van der Waals surface area contributed by atoms with Crippen LogP contribution in [-0.4, -0.2) is 55.2 Å². The Kier molecular flexibility index (Phi) is 5.74. The number of piperidine rings is 1. The molecule has 1 atom stereocenters. The molecule has 2 aliphatic heterocycles. The number of carbonyl (C=O) groups is 1. The van der Waals surface area contributed by atoms with Crippen molar-refractivity contribution < 1.29 is 13.2 Å². The van der Waals surface area contributed by atoms with Crippen molar-refractivity contribution in [2.75, 3.05) is 26.2 Å². The van der Waals surface area contributed by atoms with E-state index in [4.69, 9.17) is 0 Å². The van der Waals surface area contributed by atoms with Gasteiger partial charge in [0.2, 0.25) is 5.91 Å². The highest BCUT2D eigenvalue weighted by Crippen LogP contribution is 2.38. The molecule has 6 nitrogen and oxygen atoms in total. The second-order valence-corrected chi connectivity index (χ2v) is 9.24. The Bertz CT molecular complexity index is 519. The minimum atomic E-state index is -3.35. The first-order valence-corrected chi connectivity index (χ1v) is 10.2. The molecule has 7 heteroatoms. The van der Waals surface area contributed by atoms with E-state index in [-0.39, 0.29) is 17.4 Å². The Balaban J connectivity index is 1.96. The number of carbonyl (C=O) groups excluding carboxylic acids is 1. The van der Waals surface area contributed by atoms with Crippen molar-refractivity contribution in [3.05, 3.63) is 0 Å². The van der Waals surface area contributed by atoms with Gasteiger partial charge in [0.05, 0.1) is 5.41 Å². The van der Waals surface area contributed by atoms with Gasteiger partial charge in [0.15, 0.2) is 0 Å². The first kappa shape index (κ1) is 18.7. The number of nitrogens with zero attached hydrogens (tertiary/aromatic N) is 2. The van der Waals surface area contributed by atoms with E-state index in [9.17, 15) is 13.2 Å². The van der Waals surface area contributed by atoms with E-state index in [0.29, 0.717) is 32.1 Å². The molecule has 2 saturated heterocycles. The van der Waals surface area contributed by atoms with Crippen LogP contribution in [0.15, 0.2) is 0 Å². The molecule has 2 rings (SSSR count). The Morgan fingerprint density at radius 3 is 2.09 bits per heavy atom. The lowest BCUT2D eigenvalue weighted by Crippen LogP contribution is -2.68. The van der Waals surface area contributed by atoms with Gasteiger partial charge in [-0.2, -0.15) is 17.0 Å². The molecule has 0 saturated carbocycles. The molecule has 2 fully saturated rings. The van der Waals surface area contributed by atoms with Crippen LogP contribution in [0.1, 0.15) is 53.4 Å². The van der Waals surface area contributed by atoms with E-state index in [1.165, 1.54) is 0 Å². The summed E-state index contributed by atoms with van der Waals surface area (Å²) in [5.41, 5.74) is -0.317. The van der Waals surface area contributed by atoms with Gasteiger partial charge in [-0.15, -0.1) is 0 Å². The molecule has 2 heterocycles. The van der Waals surface area contributed by atoms with Gasteiger partial charge in [-0.25, -0.2) is 0 Å². The Labute approximate surface area is 140 Å². The van der Waals surface area contributed by atoms with Crippen LogP contribution >= 0.6 is 0 Å². The molecule has 1 N–H and O–H groups in total. The second-order valence-electron chi connectivity index (χ2n) is 7.32. The van der Waals surface area contributed by atoms with Crippen LogP contribution in [0.4, 0.5) is 0 Å². The molecule has 0 aliphatic carbocycles. The number of rotatable bonds is 7. The number of hydrogen-bond donors (Lipinski definition) is 1. The minimum Gasteiger partial charge on any atom is -0.351 e. The normalized spacial score (nSPS) is 26.1. The first-order valence-electron chi connectivity index (χ1n) is 8.81. The second kappa shape index (κ2) is 7.07. The highest BCUT2D eigenvalue weighted by molar-refractivity contribution is 7.86. The molecule has 0 aromatic heterocycles. The fraction of sp³-hybridized carbons (Fsp3) is 0.938. The lowest BCUT2D eigenvalue weighted by atomic mass is 9.68. The fourth-order valence-electron chi connectivity index (χ4n) is 3.72. The van der Waals surface area contributed by atoms with Gasteiger partial charge in [-0.3, -0.25) is 4.79 Å². The van der Waals surface area contributed by atoms with Crippen molar-refractivity contribution >= 4 is 16.1 Å². The monoisotopic (exact) mass is 345 g/mol. The van der Waals surface area contributed by atoms with Gasteiger partial charge >= 0.3 is 0 Å². The first-order chi connectivity index (χ1) is 10.7. The molecule has 0 aromatic carbocycles. The van der Waals surface area contributed by atoms with E-state index in [0.717, 1.165) is 25.7 Å². The van der Waals surface area contributed by atoms with E-state index < -0.39 is 10.2 Å². The van der Waals surface area contributed by atoms with Crippen molar-refractivity contribution in [3.8, 4) is 0 Å². The highest BCUT2D eigenvalue weighted by atomic mass is 32.2. The van der Waals surface area contributed by atoms with Gasteiger partial charge in [-0.05, 0) is 45.4 Å². The van der Waals surface area contributed by atoms with Crippen LogP contribution in [0, 0.1) is 11.3 Å². The molecular weight excluding hydrogens is 314 g/mol. The summed E-state index contributed by atoms with van der Waals surface area (Å²) in [5.74, 6) is 0.481. The van der Waals surface area contributed by atoms with Crippen molar-refractivity contribution in [2.24, 2.45) is 11.3 Å². The van der Waals surface area contributed by atoms with Gasteiger partial charge in [0.1, 0.15) is 0 Å². The zero-order valence-corrected chi connectivity index (χ0v) is 15.7. The zero-order chi connectivity index (χ0) is 17.3. The molecule has 1 unspecified atom stereocenters. The summed E-state index contributed by atoms with van der Waals surface area (Å²) in [5, 5.41) is 3.00. The number of hydrogen-bond acceptors (Lipinski definition) is 3.